The minimum Gasteiger partial charge on any atom is -0.480 e. The van der Waals surface area contributed by atoms with E-state index < -0.39 is 12.0 Å². The zero-order chi connectivity index (χ0) is 15.4. The van der Waals surface area contributed by atoms with E-state index in [4.69, 9.17) is 4.74 Å². The molecule has 2 fully saturated rings. The van der Waals surface area contributed by atoms with Gasteiger partial charge >= 0.3 is 12.0 Å². The average molecular weight is 298 g/mol. The van der Waals surface area contributed by atoms with Crippen LogP contribution < -0.4 is 0 Å². The van der Waals surface area contributed by atoms with Crippen LogP contribution in [0.4, 0.5) is 4.79 Å². The molecule has 21 heavy (non-hydrogen) atoms. The molecule has 0 aromatic carbocycles. The van der Waals surface area contributed by atoms with Crippen molar-refractivity contribution in [1.29, 1.82) is 0 Å². The zero-order valence-corrected chi connectivity index (χ0v) is 13.0. The van der Waals surface area contributed by atoms with Gasteiger partial charge in [0.25, 0.3) is 0 Å². The Morgan fingerprint density at radius 2 is 1.90 bits per heavy atom. The molecule has 0 aliphatic carbocycles. The molecule has 1 N–H and O–H groups in total. The van der Waals surface area contributed by atoms with Crippen molar-refractivity contribution in [2.75, 3.05) is 26.7 Å². The van der Waals surface area contributed by atoms with Gasteiger partial charge in [0.1, 0.15) is 6.04 Å². The van der Waals surface area contributed by atoms with Gasteiger partial charge in [0.05, 0.1) is 6.10 Å². The number of piperidine rings is 1. The molecular weight excluding hydrogens is 272 g/mol. The standard InChI is InChI=1S/C15H26N2O4/c1-11-7-9-16(10-13(11)21-2)15(20)17-8-5-3-4-6-12(17)14(18)19/h11-13H,3-10H2,1-2H3,(H,18,19). The number of amides is 2. The van der Waals surface area contributed by atoms with E-state index in [1.165, 1.54) is 0 Å². The third kappa shape index (κ3) is 3.67. The van der Waals surface area contributed by atoms with E-state index in [1.54, 1.807) is 16.9 Å². The first-order valence-electron chi connectivity index (χ1n) is 7.85. The lowest BCUT2D eigenvalue weighted by atomic mass is 9.96. The molecule has 2 aliphatic rings. The first-order chi connectivity index (χ1) is 10.0. The van der Waals surface area contributed by atoms with Gasteiger partial charge in [-0.25, -0.2) is 9.59 Å². The Hall–Kier alpha value is -1.30. The molecule has 0 radical (unpaired) electrons. The van der Waals surface area contributed by atoms with E-state index >= 15 is 0 Å². The lowest BCUT2D eigenvalue weighted by Crippen LogP contribution is -2.55. The number of hydrogen-bond donors (Lipinski definition) is 1. The smallest absolute Gasteiger partial charge is 0.326 e. The highest BCUT2D eigenvalue weighted by molar-refractivity contribution is 5.82. The topological polar surface area (TPSA) is 70.1 Å². The van der Waals surface area contributed by atoms with Crippen molar-refractivity contribution in [3.05, 3.63) is 0 Å². The molecule has 2 heterocycles. The normalized spacial score (nSPS) is 30.9. The molecule has 6 heteroatoms. The third-order valence-electron chi connectivity index (χ3n) is 4.75. The Balaban J connectivity index is 2.07. The summed E-state index contributed by atoms with van der Waals surface area (Å²) in [6.45, 7) is 3.91. The summed E-state index contributed by atoms with van der Waals surface area (Å²) in [7, 11) is 1.67. The zero-order valence-electron chi connectivity index (χ0n) is 13.0. The van der Waals surface area contributed by atoms with Gasteiger partial charge in [-0.15, -0.1) is 0 Å². The quantitative estimate of drug-likeness (QED) is 0.844. The predicted octanol–water partition coefficient (Wildman–Crippen LogP) is 1.79. The van der Waals surface area contributed by atoms with Gasteiger partial charge in [0, 0.05) is 26.7 Å². The van der Waals surface area contributed by atoms with Crippen LogP contribution in [0, 0.1) is 5.92 Å². The fourth-order valence-corrected chi connectivity index (χ4v) is 3.29. The van der Waals surface area contributed by atoms with Crippen LogP contribution in [0.2, 0.25) is 0 Å². The maximum Gasteiger partial charge on any atom is 0.326 e. The number of carbonyl (C=O) groups is 2. The van der Waals surface area contributed by atoms with Crippen LogP contribution >= 0.6 is 0 Å². The van der Waals surface area contributed by atoms with Crippen LogP contribution in [0.3, 0.4) is 0 Å². The highest BCUT2D eigenvalue weighted by atomic mass is 16.5. The number of urea groups is 1. The lowest BCUT2D eigenvalue weighted by Gasteiger charge is -2.39. The number of carbonyl (C=O) groups excluding carboxylic acids is 1. The van der Waals surface area contributed by atoms with E-state index in [0.717, 1.165) is 25.7 Å². The highest BCUT2D eigenvalue weighted by Crippen LogP contribution is 2.23. The van der Waals surface area contributed by atoms with Crippen molar-refractivity contribution in [1.82, 2.24) is 9.80 Å². The molecule has 3 unspecified atom stereocenters. The molecule has 120 valence electrons. The van der Waals surface area contributed by atoms with Crippen LogP contribution in [-0.2, 0) is 9.53 Å². The summed E-state index contributed by atoms with van der Waals surface area (Å²) in [5, 5.41) is 9.38. The summed E-state index contributed by atoms with van der Waals surface area (Å²) < 4.78 is 5.44. The van der Waals surface area contributed by atoms with Crippen molar-refractivity contribution in [3.63, 3.8) is 0 Å². The Labute approximate surface area is 126 Å². The number of aliphatic carboxylic acids is 1. The lowest BCUT2D eigenvalue weighted by molar-refractivity contribution is -0.142. The van der Waals surface area contributed by atoms with E-state index in [2.05, 4.69) is 6.92 Å². The highest BCUT2D eigenvalue weighted by Gasteiger charge is 2.36. The molecule has 2 aliphatic heterocycles. The van der Waals surface area contributed by atoms with Crippen molar-refractivity contribution < 1.29 is 19.4 Å². The molecular formula is C15H26N2O4. The number of carboxylic acid groups (broad SMARTS) is 1. The van der Waals surface area contributed by atoms with Crippen molar-refractivity contribution >= 4 is 12.0 Å². The van der Waals surface area contributed by atoms with Crippen molar-refractivity contribution in [2.24, 2.45) is 5.92 Å². The monoisotopic (exact) mass is 298 g/mol. The number of nitrogens with zero attached hydrogens (tertiary/aromatic N) is 2. The summed E-state index contributed by atoms with van der Waals surface area (Å²) in [5.74, 6) is -0.461. The molecule has 0 aromatic rings. The van der Waals surface area contributed by atoms with Crippen LogP contribution in [0.15, 0.2) is 0 Å². The second kappa shape index (κ2) is 7.11. The molecule has 0 spiro atoms. The van der Waals surface area contributed by atoms with Crippen LogP contribution in [0.1, 0.15) is 39.0 Å². The van der Waals surface area contributed by atoms with Gasteiger partial charge in [-0.2, -0.15) is 0 Å². The van der Waals surface area contributed by atoms with Crippen LogP contribution in [0.25, 0.3) is 0 Å². The number of carboxylic acids is 1. The van der Waals surface area contributed by atoms with Gasteiger partial charge in [0.15, 0.2) is 0 Å². The third-order valence-corrected chi connectivity index (χ3v) is 4.75. The molecule has 6 nitrogen and oxygen atoms in total. The summed E-state index contributed by atoms with van der Waals surface area (Å²) in [5.41, 5.74) is 0. The van der Waals surface area contributed by atoms with Gasteiger partial charge < -0.3 is 19.6 Å². The summed E-state index contributed by atoms with van der Waals surface area (Å²) in [6, 6.07) is -0.821. The molecule has 2 saturated heterocycles. The van der Waals surface area contributed by atoms with Crippen molar-refractivity contribution in [2.45, 2.75) is 51.2 Å². The van der Waals surface area contributed by atoms with E-state index in [0.29, 0.717) is 32.0 Å². The van der Waals surface area contributed by atoms with E-state index in [1.807, 2.05) is 0 Å². The molecule has 0 bridgehead atoms. The predicted molar refractivity (Wildman–Crippen MR) is 78.1 cm³/mol. The Bertz CT molecular complexity index is 388. The SMILES string of the molecule is COC1CN(C(=O)N2CCCCCC2C(=O)O)CCC1C. The maximum atomic E-state index is 12.7. The largest absolute Gasteiger partial charge is 0.480 e. The summed E-state index contributed by atoms with van der Waals surface area (Å²) >= 11 is 0. The number of ether oxygens (including phenoxy) is 1. The van der Waals surface area contributed by atoms with E-state index in [-0.39, 0.29) is 12.1 Å². The van der Waals surface area contributed by atoms with Gasteiger partial charge in [-0.05, 0) is 25.2 Å². The van der Waals surface area contributed by atoms with E-state index in [9.17, 15) is 14.7 Å². The minimum absolute atomic E-state index is 0.0398. The average Bonchev–Trinajstić information content (AvgIpc) is 2.72. The molecule has 0 aromatic heterocycles. The van der Waals surface area contributed by atoms with Crippen LogP contribution in [0.5, 0.6) is 0 Å². The first-order valence-corrected chi connectivity index (χ1v) is 7.85. The second-order valence-electron chi connectivity index (χ2n) is 6.17. The number of rotatable bonds is 2. The molecule has 3 atom stereocenters. The number of likely N-dealkylation sites (tertiary alicyclic amines) is 2. The molecule has 2 rings (SSSR count). The fourth-order valence-electron chi connectivity index (χ4n) is 3.29. The van der Waals surface area contributed by atoms with Crippen molar-refractivity contribution in [3.8, 4) is 0 Å². The molecule has 0 saturated carbocycles. The fraction of sp³-hybridized carbons (Fsp3) is 0.867. The van der Waals surface area contributed by atoms with Gasteiger partial charge in [-0.1, -0.05) is 19.8 Å². The van der Waals surface area contributed by atoms with Gasteiger partial charge in [0.2, 0.25) is 0 Å². The number of hydrogen-bond acceptors (Lipinski definition) is 3. The first kappa shape index (κ1) is 16.1. The number of methoxy groups -OCH3 is 1. The minimum atomic E-state index is -0.890. The Morgan fingerprint density at radius 1 is 1.14 bits per heavy atom. The second-order valence-corrected chi connectivity index (χ2v) is 6.17. The maximum absolute atomic E-state index is 12.7. The Morgan fingerprint density at radius 3 is 2.57 bits per heavy atom. The van der Waals surface area contributed by atoms with Gasteiger partial charge in [-0.3, -0.25) is 0 Å². The summed E-state index contributed by atoms with van der Waals surface area (Å²) in [6.07, 6.45) is 4.24. The Kier molecular flexibility index (Phi) is 5.45. The van der Waals surface area contributed by atoms with Crippen LogP contribution in [-0.4, -0.2) is 65.8 Å². The molecule has 2 amide bonds. The summed E-state index contributed by atoms with van der Waals surface area (Å²) in [4.78, 5) is 27.5.